The second-order valence-corrected chi connectivity index (χ2v) is 12.0. The van der Waals surface area contributed by atoms with E-state index in [9.17, 15) is 18.3 Å². The Morgan fingerprint density at radius 2 is 1.77 bits per heavy atom. The lowest BCUT2D eigenvalue weighted by Gasteiger charge is -2.17. The molecular weight excluding hydrogens is 514 g/mol. The molecule has 0 aliphatic carbocycles. The number of sulfonamides is 1. The standard InChI is InChI=1S/C30H29N3O5S/c1-20(2)38-25-8-10-26(11-9-25)39(36,37)33-14-13-24(17-33)28-18-32(19-30(34)35)29-15-23(7-12-27(28)29)22-5-3-21(16-31)4-6-22/h3-12,15,18,20,24H,13-14,17,19H2,1-2H3,(H,34,35). The minimum Gasteiger partial charge on any atom is -0.491 e. The van der Waals surface area contributed by atoms with Crippen LogP contribution in [-0.4, -0.2) is 47.6 Å². The lowest BCUT2D eigenvalue weighted by molar-refractivity contribution is -0.137. The van der Waals surface area contributed by atoms with E-state index in [1.165, 1.54) is 4.31 Å². The molecule has 1 aliphatic rings. The van der Waals surface area contributed by atoms with Crippen LogP contribution in [-0.2, 0) is 21.4 Å². The Labute approximate surface area is 227 Å². The smallest absolute Gasteiger partial charge is 0.323 e. The van der Waals surface area contributed by atoms with Crippen LogP contribution in [0.3, 0.4) is 0 Å². The summed E-state index contributed by atoms with van der Waals surface area (Å²) in [5, 5.41) is 19.5. The zero-order valence-corrected chi connectivity index (χ0v) is 22.6. The molecule has 1 fully saturated rings. The number of hydrogen-bond donors (Lipinski definition) is 1. The number of aliphatic carboxylic acids is 1. The van der Waals surface area contributed by atoms with Gasteiger partial charge in [0.1, 0.15) is 12.3 Å². The summed E-state index contributed by atoms with van der Waals surface area (Å²) in [5.74, 6) is -0.403. The van der Waals surface area contributed by atoms with Gasteiger partial charge in [0.2, 0.25) is 10.0 Å². The van der Waals surface area contributed by atoms with Crippen LogP contribution < -0.4 is 4.74 Å². The molecule has 39 heavy (non-hydrogen) atoms. The number of carbonyl (C=O) groups is 1. The summed E-state index contributed by atoms with van der Waals surface area (Å²) >= 11 is 0. The van der Waals surface area contributed by atoms with Crippen LogP contribution in [0, 0.1) is 11.3 Å². The summed E-state index contributed by atoms with van der Waals surface area (Å²) in [6.45, 7) is 4.32. The minimum atomic E-state index is -3.68. The van der Waals surface area contributed by atoms with Crippen molar-refractivity contribution >= 4 is 26.9 Å². The molecule has 0 saturated carbocycles. The maximum absolute atomic E-state index is 13.4. The molecule has 200 valence electrons. The van der Waals surface area contributed by atoms with Gasteiger partial charge in [0.15, 0.2) is 0 Å². The first kappa shape index (κ1) is 26.5. The molecular formula is C30H29N3O5S. The number of aromatic nitrogens is 1. The van der Waals surface area contributed by atoms with Gasteiger partial charge in [-0.25, -0.2) is 8.42 Å². The summed E-state index contributed by atoms with van der Waals surface area (Å²) < 4.78 is 35.6. The van der Waals surface area contributed by atoms with Gasteiger partial charge in [-0.3, -0.25) is 4.79 Å². The van der Waals surface area contributed by atoms with E-state index in [0.29, 0.717) is 30.8 Å². The highest BCUT2D eigenvalue weighted by Gasteiger charge is 2.34. The molecule has 0 radical (unpaired) electrons. The van der Waals surface area contributed by atoms with Gasteiger partial charge in [0, 0.05) is 36.1 Å². The number of fused-ring (bicyclic) bond motifs is 1. The molecule has 4 aromatic rings. The first-order valence-electron chi connectivity index (χ1n) is 12.8. The topological polar surface area (TPSA) is 113 Å². The molecule has 0 bridgehead atoms. The maximum Gasteiger partial charge on any atom is 0.323 e. The Morgan fingerprint density at radius 1 is 1.08 bits per heavy atom. The van der Waals surface area contributed by atoms with Crippen molar-refractivity contribution < 1.29 is 23.1 Å². The van der Waals surface area contributed by atoms with Crippen molar-refractivity contribution in [2.24, 2.45) is 0 Å². The fourth-order valence-corrected chi connectivity index (χ4v) is 6.65. The molecule has 5 rings (SSSR count). The fourth-order valence-electron chi connectivity index (χ4n) is 5.15. The highest BCUT2D eigenvalue weighted by molar-refractivity contribution is 7.89. The van der Waals surface area contributed by atoms with Gasteiger partial charge in [0.25, 0.3) is 0 Å². The van der Waals surface area contributed by atoms with Crippen molar-refractivity contribution in [3.8, 4) is 22.9 Å². The van der Waals surface area contributed by atoms with Crippen LogP contribution in [0.25, 0.3) is 22.0 Å². The average molecular weight is 544 g/mol. The van der Waals surface area contributed by atoms with Gasteiger partial charge in [-0.2, -0.15) is 9.57 Å². The van der Waals surface area contributed by atoms with Gasteiger partial charge >= 0.3 is 5.97 Å². The third kappa shape index (κ3) is 5.39. The molecule has 1 N–H and O–H groups in total. The van der Waals surface area contributed by atoms with E-state index in [0.717, 1.165) is 27.6 Å². The quantitative estimate of drug-likeness (QED) is 0.326. The minimum absolute atomic E-state index is 0.00440. The summed E-state index contributed by atoms with van der Waals surface area (Å²) in [4.78, 5) is 11.9. The SMILES string of the molecule is CC(C)Oc1ccc(S(=O)(=O)N2CCC(c3cn(CC(=O)O)c4cc(-c5ccc(C#N)cc5)ccc34)C2)cc1. The summed E-state index contributed by atoms with van der Waals surface area (Å²) in [5.41, 5.74) is 4.11. The molecule has 1 unspecified atom stereocenters. The number of rotatable bonds is 8. The summed E-state index contributed by atoms with van der Waals surface area (Å²) in [7, 11) is -3.68. The molecule has 1 saturated heterocycles. The van der Waals surface area contributed by atoms with Gasteiger partial charge in [-0.15, -0.1) is 0 Å². The van der Waals surface area contributed by atoms with Crippen LogP contribution >= 0.6 is 0 Å². The first-order valence-corrected chi connectivity index (χ1v) is 14.2. The normalized spacial score (nSPS) is 16.0. The van der Waals surface area contributed by atoms with Crippen molar-refractivity contribution in [1.29, 1.82) is 5.26 Å². The third-order valence-electron chi connectivity index (χ3n) is 6.99. The van der Waals surface area contributed by atoms with Gasteiger partial charge in [0.05, 0.1) is 22.6 Å². The lowest BCUT2D eigenvalue weighted by atomic mass is 9.96. The van der Waals surface area contributed by atoms with Crippen molar-refractivity contribution in [3.05, 3.63) is 84.1 Å². The van der Waals surface area contributed by atoms with Crippen molar-refractivity contribution in [2.45, 2.75) is 43.7 Å². The van der Waals surface area contributed by atoms with Crippen LogP contribution in [0.15, 0.2) is 77.8 Å². The monoisotopic (exact) mass is 543 g/mol. The fraction of sp³-hybridized carbons (Fsp3) is 0.267. The van der Waals surface area contributed by atoms with Crippen LogP contribution in [0.4, 0.5) is 0 Å². The zero-order chi connectivity index (χ0) is 27.7. The molecule has 3 aromatic carbocycles. The molecule has 9 heteroatoms. The molecule has 0 amide bonds. The van der Waals surface area contributed by atoms with Crippen LogP contribution in [0.2, 0.25) is 0 Å². The molecule has 1 aliphatic heterocycles. The lowest BCUT2D eigenvalue weighted by Crippen LogP contribution is -2.28. The van der Waals surface area contributed by atoms with E-state index in [4.69, 9.17) is 10.00 Å². The Morgan fingerprint density at radius 3 is 2.41 bits per heavy atom. The zero-order valence-electron chi connectivity index (χ0n) is 21.7. The second kappa shape index (κ2) is 10.6. The summed E-state index contributed by atoms with van der Waals surface area (Å²) in [6.07, 6.45) is 2.48. The first-order chi connectivity index (χ1) is 18.7. The Hall–Kier alpha value is -4.13. The van der Waals surface area contributed by atoms with Crippen molar-refractivity contribution in [3.63, 3.8) is 0 Å². The number of nitrogens with zero attached hydrogens (tertiary/aromatic N) is 3. The van der Waals surface area contributed by atoms with Crippen LogP contribution in [0.1, 0.15) is 37.3 Å². The molecule has 0 spiro atoms. The highest BCUT2D eigenvalue weighted by Crippen LogP contribution is 2.37. The Kier molecular flexibility index (Phi) is 7.17. The van der Waals surface area contributed by atoms with E-state index in [2.05, 4.69) is 6.07 Å². The van der Waals surface area contributed by atoms with E-state index in [1.54, 1.807) is 41.0 Å². The predicted octanol–water partition coefficient (Wildman–Crippen LogP) is 5.23. The van der Waals surface area contributed by atoms with Gasteiger partial charge in [-0.05, 0) is 79.4 Å². The predicted molar refractivity (Wildman–Crippen MR) is 148 cm³/mol. The molecule has 1 atom stereocenters. The van der Waals surface area contributed by atoms with Gasteiger partial charge < -0.3 is 14.4 Å². The molecule has 8 nitrogen and oxygen atoms in total. The highest BCUT2D eigenvalue weighted by atomic mass is 32.2. The van der Waals surface area contributed by atoms with E-state index < -0.39 is 16.0 Å². The Balaban J connectivity index is 1.44. The Bertz CT molecular complexity index is 1670. The number of nitriles is 1. The second-order valence-electron chi connectivity index (χ2n) is 10.0. The maximum atomic E-state index is 13.4. The molecule has 2 heterocycles. The van der Waals surface area contributed by atoms with E-state index in [-0.39, 0.29) is 23.5 Å². The van der Waals surface area contributed by atoms with Crippen molar-refractivity contribution in [1.82, 2.24) is 8.87 Å². The average Bonchev–Trinajstić information content (AvgIpc) is 3.54. The largest absolute Gasteiger partial charge is 0.491 e. The van der Waals surface area contributed by atoms with Gasteiger partial charge in [-0.1, -0.05) is 24.3 Å². The molecule has 1 aromatic heterocycles. The van der Waals surface area contributed by atoms with Crippen molar-refractivity contribution in [2.75, 3.05) is 13.1 Å². The van der Waals surface area contributed by atoms with E-state index in [1.807, 2.05) is 50.4 Å². The number of hydrogen-bond acceptors (Lipinski definition) is 5. The number of carboxylic acids is 1. The van der Waals surface area contributed by atoms with Crippen LogP contribution in [0.5, 0.6) is 5.75 Å². The number of ether oxygens (including phenoxy) is 1. The third-order valence-corrected chi connectivity index (χ3v) is 8.87. The number of carboxylic acid groups (broad SMARTS) is 1. The summed E-state index contributed by atoms with van der Waals surface area (Å²) in [6, 6.07) is 21.7. The number of benzene rings is 3. The van der Waals surface area contributed by atoms with E-state index >= 15 is 0 Å².